The SMILES string of the molecule is Cc1ccc(S(=O)(=O)N2CC3=C([Si](C)(C)C)[C@@H]4CCCC[C@@H]4C=C[C@@H]3C2)cc1. The zero-order valence-corrected chi connectivity index (χ0v) is 19.4. The molecule has 1 aliphatic heterocycles. The van der Waals surface area contributed by atoms with Gasteiger partial charge in [-0.15, -0.1) is 0 Å². The lowest BCUT2D eigenvalue weighted by Gasteiger charge is -2.37. The summed E-state index contributed by atoms with van der Waals surface area (Å²) in [6.45, 7) is 10.5. The first-order valence-electron chi connectivity index (χ1n) is 10.7. The van der Waals surface area contributed by atoms with E-state index in [0.717, 1.165) is 5.56 Å². The van der Waals surface area contributed by atoms with Crippen LogP contribution in [0.3, 0.4) is 0 Å². The van der Waals surface area contributed by atoms with E-state index in [2.05, 4.69) is 31.8 Å². The summed E-state index contributed by atoms with van der Waals surface area (Å²) in [5.74, 6) is 1.56. The van der Waals surface area contributed by atoms with Gasteiger partial charge in [0.1, 0.15) is 0 Å². The first-order valence-corrected chi connectivity index (χ1v) is 15.6. The van der Waals surface area contributed by atoms with Gasteiger partial charge in [-0.25, -0.2) is 8.42 Å². The average molecular weight is 416 g/mol. The minimum Gasteiger partial charge on any atom is -0.207 e. The Morgan fingerprint density at radius 2 is 1.68 bits per heavy atom. The Bertz CT molecular complexity index is 909. The van der Waals surface area contributed by atoms with Crippen molar-refractivity contribution in [3.05, 3.63) is 52.8 Å². The van der Waals surface area contributed by atoms with Gasteiger partial charge in [0.15, 0.2) is 0 Å². The Morgan fingerprint density at radius 3 is 2.36 bits per heavy atom. The van der Waals surface area contributed by atoms with Crippen LogP contribution >= 0.6 is 0 Å². The Morgan fingerprint density at radius 1 is 1.00 bits per heavy atom. The molecule has 4 rings (SSSR count). The highest BCUT2D eigenvalue weighted by atomic mass is 32.2. The summed E-state index contributed by atoms with van der Waals surface area (Å²) in [5, 5.41) is 1.67. The van der Waals surface area contributed by atoms with E-state index in [9.17, 15) is 8.42 Å². The van der Waals surface area contributed by atoms with Crippen LogP contribution in [0.1, 0.15) is 31.2 Å². The van der Waals surface area contributed by atoms with Crippen LogP contribution in [0.4, 0.5) is 0 Å². The van der Waals surface area contributed by atoms with Gasteiger partial charge in [-0.2, -0.15) is 4.31 Å². The van der Waals surface area contributed by atoms with Crippen LogP contribution in [0.5, 0.6) is 0 Å². The van der Waals surface area contributed by atoms with E-state index < -0.39 is 18.1 Å². The predicted molar refractivity (Wildman–Crippen MR) is 118 cm³/mol. The molecule has 0 unspecified atom stereocenters. The molecule has 1 heterocycles. The standard InChI is InChI=1S/C23H33NO2SSi/c1-17-9-13-20(14-10-17)27(25,26)24-15-19-12-11-18-7-5-6-8-21(18)23(22(19)16-24)28(2,3)4/h9-14,18-19,21H,5-8,15-16H2,1-4H3/t18-,19-,21-/m1/s1. The fourth-order valence-corrected chi connectivity index (χ4v) is 9.65. The van der Waals surface area contributed by atoms with E-state index in [1.807, 2.05) is 19.1 Å². The molecule has 1 aromatic rings. The van der Waals surface area contributed by atoms with Gasteiger partial charge in [0.25, 0.3) is 0 Å². The number of fused-ring (bicyclic) bond motifs is 2. The second kappa shape index (κ2) is 7.26. The van der Waals surface area contributed by atoms with Crippen LogP contribution in [-0.2, 0) is 10.0 Å². The second-order valence-corrected chi connectivity index (χ2v) is 16.8. The summed E-state index contributed by atoms with van der Waals surface area (Å²) < 4.78 is 28.3. The summed E-state index contributed by atoms with van der Waals surface area (Å²) in [4.78, 5) is 0.421. The Kier molecular flexibility index (Phi) is 5.22. The number of aryl methyl sites for hydroxylation is 1. The molecule has 3 atom stereocenters. The zero-order chi connectivity index (χ0) is 20.1. The fraction of sp³-hybridized carbons (Fsp3) is 0.565. The van der Waals surface area contributed by atoms with Crippen LogP contribution in [0.2, 0.25) is 19.6 Å². The highest BCUT2D eigenvalue weighted by molar-refractivity contribution is 7.89. The average Bonchev–Trinajstić information content (AvgIpc) is 2.98. The largest absolute Gasteiger partial charge is 0.243 e. The van der Waals surface area contributed by atoms with Gasteiger partial charge >= 0.3 is 0 Å². The van der Waals surface area contributed by atoms with E-state index >= 15 is 0 Å². The summed E-state index contributed by atoms with van der Waals surface area (Å²) in [5.41, 5.74) is 2.51. The van der Waals surface area contributed by atoms with Gasteiger partial charge in [-0.3, -0.25) is 0 Å². The maximum atomic E-state index is 13.3. The zero-order valence-electron chi connectivity index (χ0n) is 17.6. The Labute approximate surface area is 171 Å². The number of benzene rings is 1. The third-order valence-corrected chi connectivity index (χ3v) is 10.9. The van der Waals surface area contributed by atoms with Gasteiger partial charge in [0.2, 0.25) is 10.0 Å². The summed E-state index contributed by atoms with van der Waals surface area (Å²) in [6, 6.07) is 7.28. The molecule has 28 heavy (non-hydrogen) atoms. The maximum absolute atomic E-state index is 13.3. The lowest BCUT2D eigenvalue weighted by atomic mass is 9.79. The van der Waals surface area contributed by atoms with Gasteiger partial charge in [-0.05, 0) is 43.7 Å². The summed E-state index contributed by atoms with van der Waals surface area (Å²) in [6.07, 6.45) is 9.99. The van der Waals surface area contributed by atoms with Crippen molar-refractivity contribution in [3.63, 3.8) is 0 Å². The first kappa shape index (κ1) is 20.1. The fourth-order valence-electron chi connectivity index (χ4n) is 5.51. The molecule has 1 aromatic carbocycles. The van der Waals surface area contributed by atoms with Crippen LogP contribution in [-0.4, -0.2) is 33.9 Å². The lowest BCUT2D eigenvalue weighted by molar-refractivity contribution is 0.330. The molecule has 0 spiro atoms. The number of nitrogens with zero attached hydrogens (tertiary/aromatic N) is 1. The van der Waals surface area contributed by atoms with E-state index in [4.69, 9.17) is 0 Å². The van der Waals surface area contributed by atoms with E-state index in [-0.39, 0.29) is 5.92 Å². The third-order valence-electron chi connectivity index (χ3n) is 6.79. The molecule has 3 aliphatic rings. The number of sulfonamides is 1. The van der Waals surface area contributed by atoms with Crippen molar-refractivity contribution in [2.75, 3.05) is 13.1 Å². The summed E-state index contributed by atoms with van der Waals surface area (Å²) >= 11 is 0. The highest BCUT2D eigenvalue weighted by Gasteiger charge is 2.43. The quantitative estimate of drug-likeness (QED) is 0.505. The lowest BCUT2D eigenvalue weighted by Crippen LogP contribution is -2.36. The minimum absolute atomic E-state index is 0.257. The highest BCUT2D eigenvalue weighted by Crippen LogP contribution is 2.46. The number of allylic oxidation sites excluding steroid dienone is 2. The van der Waals surface area contributed by atoms with Crippen molar-refractivity contribution in [2.45, 2.75) is 57.1 Å². The van der Waals surface area contributed by atoms with Crippen molar-refractivity contribution < 1.29 is 8.42 Å². The molecule has 0 amide bonds. The monoisotopic (exact) mass is 415 g/mol. The molecule has 1 saturated carbocycles. The Hall–Kier alpha value is -1.17. The van der Waals surface area contributed by atoms with Crippen LogP contribution < -0.4 is 0 Å². The summed E-state index contributed by atoms with van der Waals surface area (Å²) in [7, 11) is -4.98. The van der Waals surface area contributed by atoms with Gasteiger partial charge < -0.3 is 0 Å². The molecule has 3 nitrogen and oxygen atoms in total. The van der Waals surface area contributed by atoms with Crippen molar-refractivity contribution >= 4 is 18.1 Å². The van der Waals surface area contributed by atoms with Crippen molar-refractivity contribution in [1.29, 1.82) is 0 Å². The number of hydrogen-bond donors (Lipinski definition) is 0. The van der Waals surface area contributed by atoms with Crippen LogP contribution in [0.25, 0.3) is 0 Å². The van der Waals surface area contributed by atoms with Gasteiger partial charge in [-0.1, -0.05) is 73.1 Å². The second-order valence-electron chi connectivity index (χ2n) is 9.85. The molecular weight excluding hydrogens is 382 g/mol. The first-order chi connectivity index (χ1) is 13.2. The Balaban J connectivity index is 1.74. The van der Waals surface area contributed by atoms with Crippen molar-refractivity contribution in [3.8, 4) is 0 Å². The van der Waals surface area contributed by atoms with Gasteiger partial charge in [0, 0.05) is 19.0 Å². The van der Waals surface area contributed by atoms with E-state index in [1.165, 1.54) is 31.3 Å². The van der Waals surface area contributed by atoms with E-state index in [0.29, 0.717) is 29.8 Å². The molecule has 0 N–H and O–H groups in total. The number of hydrogen-bond acceptors (Lipinski definition) is 2. The molecule has 0 radical (unpaired) electrons. The third kappa shape index (κ3) is 3.57. The predicted octanol–water partition coefficient (Wildman–Crippen LogP) is 5.17. The van der Waals surface area contributed by atoms with Crippen LogP contribution in [0, 0.1) is 24.7 Å². The van der Waals surface area contributed by atoms with Crippen LogP contribution in [0.15, 0.2) is 52.1 Å². The minimum atomic E-state index is -3.44. The smallest absolute Gasteiger partial charge is 0.207 e. The van der Waals surface area contributed by atoms with Crippen molar-refractivity contribution in [2.24, 2.45) is 17.8 Å². The molecule has 0 bridgehead atoms. The normalized spacial score (nSPS) is 28.8. The molecule has 2 aliphatic carbocycles. The molecule has 152 valence electrons. The molecular formula is C23H33NO2SSi. The topological polar surface area (TPSA) is 37.4 Å². The molecule has 0 aromatic heterocycles. The van der Waals surface area contributed by atoms with Crippen molar-refractivity contribution in [1.82, 2.24) is 4.31 Å². The molecule has 2 fully saturated rings. The van der Waals surface area contributed by atoms with E-state index in [1.54, 1.807) is 21.6 Å². The maximum Gasteiger partial charge on any atom is 0.243 e. The molecule has 1 saturated heterocycles. The number of rotatable bonds is 3. The van der Waals surface area contributed by atoms with Gasteiger partial charge in [0.05, 0.1) is 13.0 Å². The molecule has 5 heteroatoms.